The second-order valence-corrected chi connectivity index (χ2v) is 7.83. The highest BCUT2D eigenvalue weighted by Gasteiger charge is 2.25. The molecule has 8 heteroatoms. The van der Waals surface area contributed by atoms with Gasteiger partial charge in [0, 0.05) is 29.4 Å². The highest BCUT2D eigenvalue weighted by molar-refractivity contribution is 7.10. The zero-order valence-corrected chi connectivity index (χ0v) is 16.4. The fourth-order valence-corrected chi connectivity index (χ4v) is 4.68. The number of carbonyl (C=O) groups is 3. The SMILES string of the molecule is CCOC(=O)N1CCC(NC(=O)COC(=O)c2csc3c2CCCC3)CC1. The van der Waals surface area contributed by atoms with Gasteiger partial charge in [0.15, 0.2) is 6.61 Å². The van der Waals surface area contributed by atoms with Crippen molar-refractivity contribution in [3.63, 3.8) is 0 Å². The van der Waals surface area contributed by atoms with Gasteiger partial charge in [-0.2, -0.15) is 0 Å². The summed E-state index contributed by atoms with van der Waals surface area (Å²) in [4.78, 5) is 39.0. The molecule has 1 aliphatic heterocycles. The number of thiophene rings is 1. The van der Waals surface area contributed by atoms with Crippen LogP contribution in [0.2, 0.25) is 0 Å². The molecule has 7 nitrogen and oxygen atoms in total. The average Bonchev–Trinajstić information content (AvgIpc) is 3.11. The lowest BCUT2D eigenvalue weighted by Crippen LogP contribution is -2.47. The molecule has 1 aromatic rings. The van der Waals surface area contributed by atoms with E-state index in [1.165, 1.54) is 11.3 Å². The standard InChI is InChI=1S/C19H26N2O5S/c1-2-25-19(24)21-9-7-13(8-10-21)20-17(22)11-26-18(23)15-12-27-16-6-4-3-5-14(15)16/h12-13H,2-11H2,1H3,(H,20,22). The Morgan fingerprint density at radius 1 is 1.19 bits per heavy atom. The maximum absolute atomic E-state index is 12.3. The second kappa shape index (κ2) is 9.21. The van der Waals surface area contributed by atoms with Gasteiger partial charge in [0.2, 0.25) is 0 Å². The maximum atomic E-state index is 12.3. The number of rotatable bonds is 5. The quantitative estimate of drug-likeness (QED) is 0.776. The monoisotopic (exact) mass is 394 g/mol. The fourth-order valence-electron chi connectivity index (χ4n) is 3.56. The van der Waals surface area contributed by atoms with E-state index in [0.717, 1.165) is 24.8 Å². The van der Waals surface area contributed by atoms with Crippen LogP contribution in [0.25, 0.3) is 0 Å². The zero-order valence-electron chi connectivity index (χ0n) is 15.6. The molecule has 0 saturated carbocycles. The number of ether oxygens (including phenoxy) is 2. The van der Waals surface area contributed by atoms with Crippen LogP contribution in [-0.2, 0) is 27.1 Å². The van der Waals surface area contributed by atoms with Crippen molar-refractivity contribution in [2.45, 2.75) is 51.5 Å². The predicted octanol–water partition coefficient (Wildman–Crippen LogP) is 2.52. The van der Waals surface area contributed by atoms with Crippen molar-refractivity contribution < 1.29 is 23.9 Å². The van der Waals surface area contributed by atoms with Crippen LogP contribution in [0.3, 0.4) is 0 Å². The van der Waals surface area contributed by atoms with Gasteiger partial charge in [0.1, 0.15) is 0 Å². The van der Waals surface area contributed by atoms with E-state index in [9.17, 15) is 14.4 Å². The van der Waals surface area contributed by atoms with Gasteiger partial charge in [-0.05, 0) is 51.0 Å². The number of nitrogens with zero attached hydrogens (tertiary/aromatic N) is 1. The number of nitrogens with one attached hydrogen (secondary N) is 1. The molecule has 1 aromatic heterocycles. The summed E-state index contributed by atoms with van der Waals surface area (Å²) in [6.45, 7) is 2.95. The van der Waals surface area contributed by atoms with Crippen LogP contribution in [0.4, 0.5) is 4.79 Å². The van der Waals surface area contributed by atoms with E-state index in [-0.39, 0.29) is 24.6 Å². The number of amides is 2. The predicted molar refractivity (Wildman–Crippen MR) is 101 cm³/mol. The van der Waals surface area contributed by atoms with Gasteiger partial charge in [-0.15, -0.1) is 11.3 Å². The first-order valence-corrected chi connectivity index (χ1v) is 10.4. The minimum atomic E-state index is -0.415. The second-order valence-electron chi connectivity index (χ2n) is 6.86. The molecule has 27 heavy (non-hydrogen) atoms. The normalized spacial score (nSPS) is 17.1. The minimum absolute atomic E-state index is 0.0178. The van der Waals surface area contributed by atoms with E-state index < -0.39 is 5.97 Å². The summed E-state index contributed by atoms with van der Waals surface area (Å²) in [6.07, 6.45) is 5.21. The number of aryl methyl sites for hydroxylation is 1. The molecular weight excluding hydrogens is 368 g/mol. The highest BCUT2D eigenvalue weighted by Crippen LogP contribution is 2.30. The van der Waals surface area contributed by atoms with Crippen molar-refractivity contribution in [1.82, 2.24) is 10.2 Å². The third-order valence-corrected chi connectivity index (χ3v) is 6.09. The molecule has 0 bridgehead atoms. The Balaban J connectivity index is 1.41. The van der Waals surface area contributed by atoms with E-state index in [0.29, 0.717) is 38.1 Å². The van der Waals surface area contributed by atoms with Crippen LogP contribution in [-0.4, -0.2) is 55.2 Å². The van der Waals surface area contributed by atoms with Gasteiger partial charge >= 0.3 is 12.1 Å². The van der Waals surface area contributed by atoms with Crippen LogP contribution in [0.15, 0.2) is 5.38 Å². The lowest BCUT2D eigenvalue weighted by molar-refractivity contribution is -0.125. The third kappa shape index (κ3) is 5.00. The lowest BCUT2D eigenvalue weighted by atomic mass is 9.96. The highest BCUT2D eigenvalue weighted by atomic mass is 32.1. The Morgan fingerprint density at radius 2 is 1.93 bits per heavy atom. The fraction of sp³-hybridized carbons (Fsp3) is 0.632. The molecule has 0 radical (unpaired) electrons. The van der Waals surface area contributed by atoms with Gasteiger partial charge in [-0.1, -0.05) is 0 Å². The van der Waals surface area contributed by atoms with E-state index in [1.54, 1.807) is 23.2 Å². The molecule has 2 aliphatic rings. The van der Waals surface area contributed by atoms with Gasteiger partial charge < -0.3 is 19.7 Å². The molecule has 3 rings (SSSR count). The van der Waals surface area contributed by atoms with Crippen molar-refractivity contribution in [1.29, 1.82) is 0 Å². The molecule has 0 unspecified atom stereocenters. The molecule has 2 amide bonds. The molecule has 0 aromatic carbocycles. The lowest BCUT2D eigenvalue weighted by Gasteiger charge is -2.31. The number of likely N-dealkylation sites (tertiary alicyclic amines) is 1. The summed E-state index contributed by atoms with van der Waals surface area (Å²) in [6, 6.07) is -0.0178. The average molecular weight is 394 g/mol. The number of hydrogen-bond donors (Lipinski definition) is 1. The summed E-state index contributed by atoms with van der Waals surface area (Å²) in [5.41, 5.74) is 1.72. The summed E-state index contributed by atoms with van der Waals surface area (Å²) in [5, 5.41) is 4.73. The number of hydrogen-bond acceptors (Lipinski definition) is 6. The largest absolute Gasteiger partial charge is 0.452 e. The van der Waals surface area contributed by atoms with Gasteiger partial charge in [0.25, 0.3) is 5.91 Å². The molecule has 1 aliphatic carbocycles. The molecule has 1 saturated heterocycles. The summed E-state index contributed by atoms with van der Waals surface area (Å²) in [7, 11) is 0. The van der Waals surface area contributed by atoms with Crippen LogP contribution >= 0.6 is 11.3 Å². The Kier molecular flexibility index (Phi) is 6.71. The van der Waals surface area contributed by atoms with Crippen molar-refractivity contribution >= 4 is 29.3 Å². The Bertz CT molecular complexity index is 694. The summed E-state index contributed by atoms with van der Waals surface area (Å²) < 4.78 is 10.2. The topological polar surface area (TPSA) is 84.9 Å². The van der Waals surface area contributed by atoms with Gasteiger partial charge in [-0.3, -0.25) is 4.79 Å². The van der Waals surface area contributed by atoms with E-state index in [1.807, 2.05) is 5.38 Å². The molecule has 1 N–H and O–H groups in total. The van der Waals surface area contributed by atoms with Crippen molar-refractivity contribution in [2.75, 3.05) is 26.3 Å². The molecule has 1 fully saturated rings. The maximum Gasteiger partial charge on any atom is 0.409 e. The van der Waals surface area contributed by atoms with Crippen LogP contribution in [0.5, 0.6) is 0 Å². The minimum Gasteiger partial charge on any atom is -0.452 e. The number of carbonyl (C=O) groups excluding carboxylic acids is 3. The zero-order chi connectivity index (χ0) is 19.2. The van der Waals surface area contributed by atoms with Crippen LogP contribution in [0.1, 0.15) is 53.4 Å². The first-order chi connectivity index (χ1) is 13.1. The summed E-state index contributed by atoms with van der Waals surface area (Å²) in [5.74, 6) is -0.719. The number of fused-ring (bicyclic) bond motifs is 1. The third-order valence-electron chi connectivity index (χ3n) is 5.00. The van der Waals surface area contributed by atoms with E-state index >= 15 is 0 Å². The molecule has 0 atom stereocenters. The van der Waals surface area contributed by atoms with E-state index in [4.69, 9.17) is 9.47 Å². The van der Waals surface area contributed by atoms with Crippen LogP contribution in [0, 0.1) is 0 Å². The van der Waals surface area contributed by atoms with Crippen LogP contribution < -0.4 is 5.32 Å². The smallest absolute Gasteiger partial charge is 0.409 e. The van der Waals surface area contributed by atoms with Gasteiger partial charge in [-0.25, -0.2) is 9.59 Å². The molecule has 0 spiro atoms. The van der Waals surface area contributed by atoms with Crippen molar-refractivity contribution in [3.8, 4) is 0 Å². The Morgan fingerprint density at radius 3 is 2.67 bits per heavy atom. The Hall–Kier alpha value is -2.09. The Labute approximate surface area is 163 Å². The van der Waals surface area contributed by atoms with Crippen molar-refractivity contribution in [2.24, 2.45) is 0 Å². The van der Waals surface area contributed by atoms with Crippen molar-refractivity contribution in [3.05, 3.63) is 21.4 Å². The number of piperidine rings is 1. The van der Waals surface area contributed by atoms with Gasteiger partial charge in [0.05, 0.1) is 12.2 Å². The van der Waals surface area contributed by atoms with E-state index in [2.05, 4.69) is 5.32 Å². The molecule has 2 heterocycles. The summed E-state index contributed by atoms with van der Waals surface area (Å²) >= 11 is 1.61. The molecular formula is C19H26N2O5S. The molecule has 148 valence electrons. The first-order valence-electron chi connectivity index (χ1n) is 9.56. The first kappa shape index (κ1) is 19.7. The number of esters is 1.